The molecule has 0 radical (unpaired) electrons. The average Bonchev–Trinajstić information content (AvgIpc) is 2.73. The Hall–Kier alpha value is -3.29. The highest BCUT2D eigenvalue weighted by Crippen LogP contribution is 2.32. The van der Waals surface area contributed by atoms with Gasteiger partial charge >= 0.3 is 0 Å². The van der Waals surface area contributed by atoms with E-state index in [1.54, 1.807) is 50.6 Å². The fourth-order valence-electron chi connectivity index (χ4n) is 3.39. The van der Waals surface area contributed by atoms with Gasteiger partial charge < -0.3 is 19.7 Å². The molecule has 1 fully saturated rings. The quantitative estimate of drug-likeness (QED) is 0.604. The summed E-state index contributed by atoms with van der Waals surface area (Å²) >= 11 is 0. The molecule has 0 unspecified atom stereocenters. The minimum absolute atomic E-state index is 0.0717. The van der Waals surface area contributed by atoms with Gasteiger partial charge in [0.1, 0.15) is 17.2 Å². The van der Waals surface area contributed by atoms with E-state index < -0.39 is 0 Å². The molecule has 0 spiro atoms. The molecule has 1 aliphatic rings. The van der Waals surface area contributed by atoms with Gasteiger partial charge in [-0.25, -0.2) is 0 Å². The number of para-hydroxylation sites is 2. The molecule has 2 aromatic carbocycles. The summed E-state index contributed by atoms with van der Waals surface area (Å²) in [7, 11) is 3.11. The molecule has 28 heavy (non-hydrogen) atoms. The number of piperidine rings is 1. The van der Waals surface area contributed by atoms with Crippen LogP contribution in [0.3, 0.4) is 0 Å². The van der Waals surface area contributed by atoms with E-state index in [2.05, 4.69) is 5.32 Å². The summed E-state index contributed by atoms with van der Waals surface area (Å²) in [5.41, 5.74) is 1.31. The standard InChI is InChI=1S/C20H23N3O5/c1-27-16-11-15(12-17(13-16)28-2)21-20(24)14-7-9-22(10-8-14)18-5-3-4-6-19(18)23(25)26/h3-6,11-14H,7-10H2,1-2H3,(H,21,24). The van der Waals surface area contributed by atoms with Crippen LogP contribution < -0.4 is 19.7 Å². The molecular formula is C20H23N3O5. The number of rotatable bonds is 6. The van der Waals surface area contributed by atoms with Gasteiger partial charge in [-0.1, -0.05) is 12.1 Å². The lowest BCUT2D eigenvalue weighted by Gasteiger charge is -2.32. The largest absolute Gasteiger partial charge is 0.497 e. The first-order chi connectivity index (χ1) is 13.5. The zero-order valence-corrected chi connectivity index (χ0v) is 15.9. The predicted molar refractivity (Wildman–Crippen MR) is 106 cm³/mol. The first-order valence-electron chi connectivity index (χ1n) is 9.04. The molecule has 0 bridgehead atoms. The van der Waals surface area contributed by atoms with Crippen molar-refractivity contribution in [3.05, 3.63) is 52.6 Å². The highest BCUT2D eigenvalue weighted by atomic mass is 16.6. The van der Waals surface area contributed by atoms with E-state index in [-0.39, 0.29) is 22.4 Å². The first-order valence-corrected chi connectivity index (χ1v) is 9.04. The average molecular weight is 385 g/mol. The van der Waals surface area contributed by atoms with Crippen molar-refractivity contribution in [2.24, 2.45) is 5.92 Å². The van der Waals surface area contributed by atoms with Crippen molar-refractivity contribution in [2.45, 2.75) is 12.8 Å². The number of methoxy groups -OCH3 is 2. The summed E-state index contributed by atoms with van der Waals surface area (Å²) in [6, 6.07) is 11.9. The number of amides is 1. The van der Waals surface area contributed by atoms with Gasteiger partial charge in [0.25, 0.3) is 5.69 Å². The van der Waals surface area contributed by atoms with E-state index in [9.17, 15) is 14.9 Å². The molecule has 0 atom stereocenters. The Labute approximate surface area is 163 Å². The number of hydrogen-bond donors (Lipinski definition) is 1. The van der Waals surface area contributed by atoms with Gasteiger partial charge in [0, 0.05) is 49.0 Å². The molecule has 1 heterocycles. The third kappa shape index (κ3) is 4.33. The molecular weight excluding hydrogens is 362 g/mol. The fraction of sp³-hybridized carbons (Fsp3) is 0.350. The number of carbonyl (C=O) groups excluding carboxylic acids is 1. The molecule has 1 saturated heterocycles. The smallest absolute Gasteiger partial charge is 0.292 e. The van der Waals surface area contributed by atoms with Crippen molar-refractivity contribution in [3.8, 4) is 11.5 Å². The van der Waals surface area contributed by atoms with Crippen LogP contribution in [0, 0.1) is 16.0 Å². The predicted octanol–water partition coefficient (Wildman–Crippen LogP) is 3.47. The number of carbonyl (C=O) groups is 1. The maximum atomic E-state index is 12.7. The number of ether oxygens (including phenoxy) is 2. The molecule has 1 N–H and O–H groups in total. The summed E-state index contributed by atoms with van der Waals surface area (Å²) in [5.74, 6) is 0.968. The van der Waals surface area contributed by atoms with Crippen LogP contribution >= 0.6 is 0 Å². The monoisotopic (exact) mass is 385 g/mol. The van der Waals surface area contributed by atoms with Gasteiger partial charge in [0.05, 0.1) is 19.1 Å². The SMILES string of the molecule is COc1cc(NC(=O)C2CCN(c3ccccc3[N+](=O)[O-])CC2)cc(OC)c1. The Morgan fingerprint density at radius 3 is 2.29 bits per heavy atom. The highest BCUT2D eigenvalue weighted by Gasteiger charge is 2.28. The van der Waals surface area contributed by atoms with Crippen molar-refractivity contribution in [2.75, 3.05) is 37.5 Å². The lowest BCUT2D eigenvalue weighted by molar-refractivity contribution is -0.384. The van der Waals surface area contributed by atoms with Gasteiger partial charge in [-0.05, 0) is 18.9 Å². The first kappa shape index (κ1) is 19.5. The van der Waals surface area contributed by atoms with E-state index in [1.165, 1.54) is 6.07 Å². The van der Waals surface area contributed by atoms with E-state index in [0.29, 0.717) is 48.8 Å². The van der Waals surface area contributed by atoms with Gasteiger partial charge in [-0.3, -0.25) is 14.9 Å². The van der Waals surface area contributed by atoms with Crippen LogP contribution in [-0.2, 0) is 4.79 Å². The van der Waals surface area contributed by atoms with E-state index in [0.717, 1.165) is 0 Å². The normalized spacial score (nSPS) is 14.4. The van der Waals surface area contributed by atoms with Crippen molar-refractivity contribution in [3.63, 3.8) is 0 Å². The Morgan fingerprint density at radius 1 is 1.11 bits per heavy atom. The summed E-state index contributed by atoms with van der Waals surface area (Å²) in [4.78, 5) is 25.5. The third-order valence-electron chi connectivity index (χ3n) is 4.90. The molecule has 8 nitrogen and oxygen atoms in total. The molecule has 1 amide bonds. The molecule has 0 aromatic heterocycles. The summed E-state index contributed by atoms with van der Waals surface area (Å²) in [6.07, 6.45) is 1.25. The summed E-state index contributed by atoms with van der Waals surface area (Å²) in [6.45, 7) is 1.18. The van der Waals surface area contributed by atoms with Crippen LogP contribution in [-0.4, -0.2) is 38.1 Å². The van der Waals surface area contributed by atoms with Gasteiger partial charge in [-0.15, -0.1) is 0 Å². The van der Waals surface area contributed by atoms with Crippen LogP contribution in [0.15, 0.2) is 42.5 Å². The molecule has 3 rings (SSSR count). The van der Waals surface area contributed by atoms with Crippen LogP contribution in [0.1, 0.15) is 12.8 Å². The summed E-state index contributed by atoms with van der Waals surface area (Å²) < 4.78 is 10.4. The minimum Gasteiger partial charge on any atom is -0.497 e. The molecule has 0 saturated carbocycles. The Bertz CT molecular complexity index is 840. The number of nitrogens with zero attached hydrogens (tertiary/aromatic N) is 2. The lowest BCUT2D eigenvalue weighted by Crippen LogP contribution is -2.38. The molecule has 8 heteroatoms. The van der Waals surface area contributed by atoms with E-state index in [4.69, 9.17) is 9.47 Å². The fourth-order valence-corrected chi connectivity index (χ4v) is 3.39. The summed E-state index contributed by atoms with van der Waals surface area (Å²) in [5, 5.41) is 14.2. The van der Waals surface area contributed by atoms with Crippen molar-refractivity contribution in [1.29, 1.82) is 0 Å². The van der Waals surface area contributed by atoms with Crippen LogP contribution in [0.25, 0.3) is 0 Å². The number of anilines is 2. The van der Waals surface area contributed by atoms with Crippen molar-refractivity contribution in [1.82, 2.24) is 0 Å². The topological polar surface area (TPSA) is 93.9 Å². The second-order valence-corrected chi connectivity index (χ2v) is 6.60. The molecule has 2 aromatic rings. The van der Waals surface area contributed by atoms with Crippen LogP contribution in [0.5, 0.6) is 11.5 Å². The van der Waals surface area contributed by atoms with E-state index >= 15 is 0 Å². The van der Waals surface area contributed by atoms with Gasteiger partial charge in [-0.2, -0.15) is 0 Å². The van der Waals surface area contributed by atoms with Gasteiger partial charge in [0.15, 0.2) is 0 Å². The minimum atomic E-state index is -0.371. The van der Waals surface area contributed by atoms with Crippen LogP contribution in [0.2, 0.25) is 0 Å². The maximum absolute atomic E-state index is 12.7. The second-order valence-electron chi connectivity index (χ2n) is 6.60. The van der Waals surface area contributed by atoms with Crippen molar-refractivity contribution >= 4 is 23.0 Å². The number of nitrogens with one attached hydrogen (secondary N) is 1. The molecule has 148 valence electrons. The van der Waals surface area contributed by atoms with Crippen molar-refractivity contribution < 1.29 is 19.2 Å². The molecule has 0 aliphatic carbocycles. The van der Waals surface area contributed by atoms with Gasteiger partial charge in [0.2, 0.25) is 5.91 Å². The molecule has 1 aliphatic heterocycles. The maximum Gasteiger partial charge on any atom is 0.292 e. The number of nitro groups is 1. The zero-order chi connectivity index (χ0) is 20.1. The van der Waals surface area contributed by atoms with Crippen LogP contribution in [0.4, 0.5) is 17.1 Å². The number of nitro benzene ring substituents is 1. The highest BCUT2D eigenvalue weighted by molar-refractivity contribution is 5.93. The number of benzene rings is 2. The zero-order valence-electron chi connectivity index (χ0n) is 15.9. The van der Waals surface area contributed by atoms with E-state index in [1.807, 2.05) is 4.90 Å². The number of hydrogen-bond acceptors (Lipinski definition) is 6. The Kier molecular flexibility index (Phi) is 5.98. The third-order valence-corrected chi connectivity index (χ3v) is 4.90. The second kappa shape index (κ2) is 8.60. The Balaban J connectivity index is 1.64. The lowest BCUT2D eigenvalue weighted by atomic mass is 9.95. The Morgan fingerprint density at radius 2 is 1.71 bits per heavy atom.